The SMILES string of the molecule is [2H]c1c([2H])c([2H])c(-c2cccc3c2-c2cc(-n4c5ccccc5c5cc(-c6ccc7c(c6)c6ccc(C#N)cc6n7-c6ccccc6)ccc54)ccc2C3(C)C)c([2H])c1[2H]. The summed E-state index contributed by atoms with van der Waals surface area (Å²) in [5.41, 5.74) is 13.5. The first-order valence-electron chi connectivity index (χ1n) is 21.0. The van der Waals surface area contributed by atoms with E-state index >= 15 is 0 Å². The minimum absolute atomic E-state index is 0.204. The Morgan fingerprint density at radius 2 is 1.16 bits per heavy atom. The number of nitriles is 1. The van der Waals surface area contributed by atoms with E-state index in [0.717, 1.165) is 88.4 Å². The molecule has 2 heterocycles. The molecule has 1 aliphatic rings. The molecule has 8 aromatic carbocycles. The summed E-state index contributed by atoms with van der Waals surface area (Å²) in [7, 11) is 0. The van der Waals surface area contributed by atoms with Gasteiger partial charge in [-0.2, -0.15) is 5.26 Å². The zero-order valence-corrected chi connectivity index (χ0v) is 30.2. The number of aromatic nitrogens is 2. The van der Waals surface area contributed by atoms with Gasteiger partial charge in [0.2, 0.25) is 0 Å². The smallest absolute Gasteiger partial charge is 0.0992 e. The van der Waals surface area contributed by atoms with Crippen LogP contribution in [0.3, 0.4) is 0 Å². The lowest BCUT2D eigenvalue weighted by molar-refractivity contribution is 0.660. The van der Waals surface area contributed by atoms with Crippen molar-refractivity contribution in [2.45, 2.75) is 19.3 Å². The third-order valence-corrected chi connectivity index (χ3v) is 11.6. The number of hydrogen-bond acceptors (Lipinski definition) is 1. The lowest BCUT2D eigenvalue weighted by atomic mass is 9.82. The Morgan fingerprint density at radius 1 is 0.491 bits per heavy atom. The van der Waals surface area contributed by atoms with Crippen LogP contribution in [0, 0.1) is 11.3 Å². The summed E-state index contributed by atoms with van der Waals surface area (Å²) in [5.74, 6) is 0. The van der Waals surface area contributed by atoms with Crippen molar-refractivity contribution >= 4 is 43.6 Å². The minimum atomic E-state index is -0.398. The largest absolute Gasteiger partial charge is 0.309 e. The third-order valence-electron chi connectivity index (χ3n) is 11.6. The highest BCUT2D eigenvalue weighted by Crippen LogP contribution is 2.53. The van der Waals surface area contributed by atoms with E-state index in [4.69, 9.17) is 6.85 Å². The predicted molar refractivity (Wildman–Crippen MR) is 228 cm³/mol. The highest BCUT2D eigenvalue weighted by Gasteiger charge is 2.37. The molecular formula is C52H35N3. The first-order valence-corrected chi connectivity index (χ1v) is 18.5. The van der Waals surface area contributed by atoms with Crippen LogP contribution in [0.1, 0.15) is 37.4 Å². The molecule has 0 spiro atoms. The monoisotopic (exact) mass is 706 g/mol. The van der Waals surface area contributed by atoms with Gasteiger partial charge in [0.15, 0.2) is 0 Å². The fraction of sp³-hybridized carbons (Fsp3) is 0.0577. The van der Waals surface area contributed by atoms with Crippen molar-refractivity contribution < 1.29 is 6.85 Å². The van der Waals surface area contributed by atoms with E-state index in [1.165, 1.54) is 0 Å². The first-order chi connectivity index (χ1) is 29.1. The van der Waals surface area contributed by atoms with E-state index in [0.29, 0.717) is 11.1 Å². The molecule has 0 radical (unpaired) electrons. The zero-order valence-electron chi connectivity index (χ0n) is 35.2. The van der Waals surface area contributed by atoms with E-state index in [-0.39, 0.29) is 35.1 Å². The number of para-hydroxylation sites is 2. The summed E-state index contributed by atoms with van der Waals surface area (Å²) >= 11 is 0. The topological polar surface area (TPSA) is 33.6 Å². The molecule has 3 nitrogen and oxygen atoms in total. The fourth-order valence-corrected chi connectivity index (χ4v) is 9.08. The Kier molecular flexibility index (Phi) is 5.64. The Labute approximate surface area is 326 Å². The molecule has 258 valence electrons. The quantitative estimate of drug-likeness (QED) is 0.179. The van der Waals surface area contributed by atoms with Gasteiger partial charge in [-0.1, -0.05) is 123 Å². The molecule has 11 rings (SSSR count). The van der Waals surface area contributed by atoms with Crippen LogP contribution in [0.15, 0.2) is 176 Å². The fourth-order valence-electron chi connectivity index (χ4n) is 9.08. The molecule has 0 unspecified atom stereocenters. The second-order valence-electron chi connectivity index (χ2n) is 14.9. The molecule has 0 saturated carbocycles. The molecule has 0 fully saturated rings. The average molecular weight is 707 g/mol. The van der Waals surface area contributed by atoms with Crippen LogP contribution in [-0.2, 0) is 5.41 Å². The predicted octanol–water partition coefficient (Wildman–Crippen LogP) is 13.4. The van der Waals surface area contributed by atoms with Gasteiger partial charge in [0, 0.05) is 38.3 Å². The van der Waals surface area contributed by atoms with Gasteiger partial charge in [-0.3, -0.25) is 0 Å². The van der Waals surface area contributed by atoms with Crippen LogP contribution >= 0.6 is 0 Å². The van der Waals surface area contributed by atoms with Gasteiger partial charge in [0.05, 0.1) is 40.6 Å². The van der Waals surface area contributed by atoms with Crippen molar-refractivity contribution in [3.05, 3.63) is 192 Å². The van der Waals surface area contributed by atoms with Gasteiger partial charge in [0.1, 0.15) is 0 Å². The average Bonchev–Trinajstić information content (AvgIpc) is 3.87. The van der Waals surface area contributed by atoms with E-state index in [1.54, 1.807) is 0 Å². The van der Waals surface area contributed by atoms with Gasteiger partial charge in [-0.15, -0.1) is 0 Å². The van der Waals surface area contributed by atoms with Gasteiger partial charge >= 0.3 is 0 Å². The van der Waals surface area contributed by atoms with Crippen LogP contribution in [0.25, 0.3) is 88.4 Å². The number of benzene rings is 8. The molecule has 55 heavy (non-hydrogen) atoms. The summed E-state index contributed by atoms with van der Waals surface area (Å²) in [4.78, 5) is 0. The molecule has 10 aromatic rings. The van der Waals surface area contributed by atoms with Gasteiger partial charge in [-0.25, -0.2) is 0 Å². The van der Waals surface area contributed by atoms with Crippen LogP contribution in [0.4, 0.5) is 0 Å². The van der Waals surface area contributed by atoms with Crippen molar-refractivity contribution in [1.29, 1.82) is 5.26 Å². The Morgan fingerprint density at radius 3 is 1.91 bits per heavy atom. The number of rotatable bonds is 4. The maximum Gasteiger partial charge on any atom is 0.0992 e. The summed E-state index contributed by atoms with van der Waals surface area (Å²) in [5, 5.41) is 14.2. The van der Waals surface area contributed by atoms with Crippen molar-refractivity contribution in [3.8, 4) is 50.8 Å². The van der Waals surface area contributed by atoms with Crippen LogP contribution < -0.4 is 0 Å². The van der Waals surface area contributed by atoms with E-state index in [2.05, 4.69) is 132 Å². The lowest BCUT2D eigenvalue weighted by Crippen LogP contribution is -2.15. The van der Waals surface area contributed by atoms with Gasteiger partial charge in [0.25, 0.3) is 0 Å². The van der Waals surface area contributed by atoms with Crippen LogP contribution in [-0.4, -0.2) is 9.13 Å². The summed E-state index contributed by atoms with van der Waals surface area (Å²) < 4.78 is 47.4. The Balaban J connectivity index is 1.09. The zero-order chi connectivity index (χ0) is 41.2. The van der Waals surface area contributed by atoms with Gasteiger partial charge < -0.3 is 9.13 Å². The summed E-state index contributed by atoms with van der Waals surface area (Å²) in [6.07, 6.45) is 0. The summed E-state index contributed by atoms with van der Waals surface area (Å²) in [6.45, 7) is 4.37. The van der Waals surface area contributed by atoms with Crippen molar-refractivity contribution in [3.63, 3.8) is 0 Å². The molecule has 0 saturated heterocycles. The molecule has 2 aromatic heterocycles. The van der Waals surface area contributed by atoms with Gasteiger partial charge in [-0.05, 0) is 111 Å². The number of hydrogen-bond donors (Lipinski definition) is 0. The molecule has 0 atom stereocenters. The molecular weight excluding hydrogens is 667 g/mol. The molecule has 1 aliphatic carbocycles. The molecule has 0 bridgehead atoms. The number of nitrogens with zero attached hydrogens (tertiary/aromatic N) is 3. The second-order valence-corrected chi connectivity index (χ2v) is 14.9. The summed E-state index contributed by atoms with van der Waals surface area (Å²) in [6, 6.07) is 51.2. The maximum absolute atomic E-state index is 9.77. The normalized spacial score (nSPS) is 14.3. The van der Waals surface area contributed by atoms with Crippen molar-refractivity contribution in [2.24, 2.45) is 0 Å². The Bertz CT molecular complexity index is 3510. The second kappa shape index (κ2) is 11.7. The third kappa shape index (κ3) is 4.55. The van der Waals surface area contributed by atoms with Crippen LogP contribution in [0.2, 0.25) is 0 Å². The van der Waals surface area contributed by atoms with E-state index in [1.807, 2.05) is 42.5 Å². The standard InChI is InChI=1S/C52H35N3/c1-52(2)45-25-23-38(31-44(45)51-39(17-11-18-46(51)52)34-12-5-3-6-13-34)55-47-19-10-9-16-40(47)42-29-35(22-27-49(42)55)36-21-26-48-43(30-36)41-24-20-33(32-53)28-50(41)54(48)37-14-7-4-8-15-37/h3-31H,1-2H3/i3D,5D,6D,12D,13D. The van der Waals surface area contributed by atoms with Crippen molar-refractivity contribution in [1.82, 2.24) is 9.13 Å². The molecule has 0 aliphatic heterocycles. The minimum Gasteiger partial charge on any atom is -0.309 e. The van der Waals surface area contributed by atoms with Crippen molar-refractivity contribution in [2.75, 3.05) is 0 Å². The lowest BCUT2D eigenvalue weighted by Gasteiger charge is -2.22. The maximum atomic E-state index is 9.77. The molecule has 0 N–H and O–H groups in total. The highest BCUT2D eigenvalue weighted by molar-refractivity contribution is 6.13. The van der Waals surface area contributed by atoms with E-state index in [9.17, 15) is 5.26 Å². The molecule has 3 heteroatoms. The first kappa shape index (κ1) is 26.6. The number of fused-ring (bicyclic) bond motifs is 9. The Hall–Kier alpha value is -7.15. The molecule has 0 amide bonds. The van der Waals surface area contributed by atoms with E-state index < -0.39 is 6.04 Å². The van der Waals surface area contributed by atoms with Crippen LogP contribution in [0.5, 0.6) is 0 Å². The highest BCUT2D eigenvalue weighted by atomic mass is 15.0.